The molecule has 1 spiro atoms. The van der Waals surface area contributed by atoms with Gasteiger partial charge in [0.1, 0.15) is 12.0 Å². The second-order valence-corrected chi connectivity index (χ2v) is 9.03. The molecule has 1 aromatic heterocycles. The maximum atomic E-state index is 11.1. The number of carboxylic acids is 1. The van der Waals surface area contributed by atoms with Crippen LogP contribution in [0.1, 0.15) is 36.0 Å². The summed E-state index contributed by atoms with van der Waals surface area (Å²) in [5.74, 6) is -0.0349. The highest BCUT2D eigenvalue weighted by atomic mass is 16.5. The van der Waals surface area contributed by atoms with Gasteiger partial charge in [0.25, 0.3) is 0 Å². The maximum absolute atomic E-state index is 11.1. The van der Waals surface area contributed by atoms with Crippen molar-refractivity contribution in [3.8, 4) is 22.9 Å². The van der Waals surface area contributed by atoms with Gasteiger partial charge >= 0.3 is 5.97 Å². The third kappa shape index (κ3) is 4.09. The number of ether oxygens (including phenoxy) is 1. The summed E-state index contributed by atoms with van der Waals surface area (Å²) in [6, 6.07) is 17.5. The molecule has 0 bridgehead atoms. The minimum atomic E-state index is -0.839. The Bertz CT molecular complexity index is 1270. The van der Waals surface area contributed by atoms with Crippen LogP contribution in [0.3, 0.4) is 0 Å². The Balaban J connectivity index is 1.35. The lowest BCUT2D eigenvalue weighted by Crippen LogP contribution is -2.27. The van der Waals surface area contributed by atoms with Gasteiger partial charge < -0.3 is 20.3 Å². The largest absolute Gasteiger partial charge is 0.492 e. The van der Waals surface area contributed by atoms with Gasteiger partial charge in [0.05, 0.1) is 18.2 Å². The van der Waals surface area contributed by atoms with Crippen molar-refractivity contribution in [2.75, 3.05) is 11.9 Å². The third-order valence-corrected chi connectivity index (χ3v) is 6.89. The predicted octanol–water partition coefficient (Wildman–Crippen LogP) is 4.11. The van der Waals surface area contributed by atoms with Crippen LogP contribution in [0, 0.1) is 17.2 Å². The molecule has 2 heterocycles. The first-order chi connectivity index (χ1) is 16.5. The van der Waals surface area contributed by atoms with Crippen LogP contribution in [0.2, 0.25) is 0 Å². The van der Waals surface area contributed by atoms with E-state index >= 15 is 0 Å². The van der Waals surface area contributed by atoms with Gasteiger partial charge in [0, 0.05) is 47.0 Å². The Morgan fingerprint density at radius 1 is 1.26 bits per heavy atom. The highest BCUT2D eigenvalue weighted by Crippen LogP contribution is 2.61. The van der Waals surface area contributed by atoms with E-state index in [1.165, 1.54) is 0 Å². The molecule has 7 nitrogen and oxygen atoms in total. The summed E-state index contributed by atoms with van der Waals surface area (Å²) in [5.41, 5.74) is 4.98. The molecule has 2 aliphatic rings. The molecular weight excluding hydrogens is 430 g/mol. The van der Waals surface area contributed by atoms with E-state index in [0.717, 1.165) is 34.4 Å². The Morgan fingerprint density at radius 3 is 2.91 bits per heavy atom. The Morgan fingerprint density at radius 2 is 2.15 bits per heavy atom. The summed E-state index contributed by atoms with van der Waals surface area (Å²) in [6.07, 6.45) is 4.64. The van der Waals surface area contributed by atoms with Crippen molar-refractivity contribution in [3.63, 3.8) is 0 Å². The molecule has 1 aliphatic carbocycles. The van der Waals surface area contributed by atoms with Crippen LogP contribution in [-0.2, 0) is 16.6 Å². The zero-order chi connectivity index (χ0) is 23.7. The number of benzene rings is 2. The third-order valence-electron chi connectivity index (χ3n) is 6.89. The van der Waals surface area contributed by atoms with Gasteiger partial charge in [-0.25, -0.2) is 0 Å². The van der Waals surface area contributed by atoms with Crippen LogP contribution in [0.5, 0.6) is 5.75 Å². The number of hydrogen-bond acceptors (Lipinski definition) is 6. The van der Waals surface area contributed by atoms with Crippen molar-refractivity contribution in [2.24, 2.45) is 5.92 Å². The number of aliphatic carboxylic acids is 1. The van der Waals surface area contributed by atoms with Gasteiger partial charge in [-0.15, -0.1) is 0 Å². The molecule has 1 saturated carbocycles. The summed E-state index contributed by atoms with van der Waals surface area (Å²) in [5, 5.41) is 32.6. The Kier molecular flexibility index (Phi) is 5.68. The number of aliphatic hydroxyl groups excluding tert-OH is 1. The SMILES string of the molecule is N#Cc1ccc(CCCC(=O)O)c(NC(O)[C@@H]2C[C@]23COc2ccc(-c4cccnc4)cc23)c1. The molecule has 1 unspecified atom stereocenters. The molecule has 0 amide bonds. The van der Waals surface area contributed by atoms with Gasteiger partial charge in [-0.3, -0.25) is 9.78 Å². The molecule has 34 heavy (non-hydrogen) atoms. The maximum Gasteiger partial charge on any atom is 0.303 e. The molecule has 5 rings (SSSR count). The number of aliphatic hydroxyl groups is 1. The van der Waals surface area contributed by atoms with Gasteiger partial charge in [-0.2, -0.15) is 5.26 Å². The molecule has 3 N–H and O–H groups in total. The van der Waals surface area contributed by atoms with Crippen molar-refractivity contribution < 1.29 is 19.7 Å². The average molecular weight is 456 g/mol. The first kappa shape index (κ1) is 21.9. The lowest BCUT2D eigenvalue weighted by atomic mass is 9.92. The topological polar surface area (TPSA) is 115 Å². The molecule has 172 valence electrons. The molecule has 3 aromatic rings. The van der Waals surface area contributed by atoms with Gasteiger partial charge in [0.2, 0.25) is 0 Å². The number of hydrogen-bond donors (Lipinski definition) is 3. The zero-order valence-corrected chi connectivity index (χ0v) is 18.6. The van der Waals surface area contributed by atoms with Gasteiger partial charge in [0.15, 0.2) is 0 Å². The van der Waals surface area contributed by atoms with Crippen LogP contribution < -0.4 is 10.1 Å². The summed E-state index contributed by atoms with van der Waals surface area (Å²) in [6.45, 7) is 0.520. The van der Waals surface area contributed by atoms with Crippen LogP contribution >= 0.6 is 0 Å². The summed E-state index contributed by atoms with van der Waals surface area (Å²) in [4.78, 5) is 15.1. The van der Waals surface area contributed by atoms with E-state index in [0.29, 0.717) is 30.7 Å². The number of nitrogens with zero attached hydrogens (tertiary/aromatic N) is 2. The Labute approximate surface area is 197 Å². The van der Waals surface area contributed by atoms with E-state index in [2.05, 4.69) is 22.4 Å². The van der Waals surface area contributed by atoms with E-state index in [4.69, 9.17) is 9.84 Å². The first-order valence-corrected chi connectivity index (χ1v) is 11.4. The number of aromatic nitrogens is 1. The highest BCUT2D eigenvalue weighted by Gasteiger charge is 2.62. The lowest BCUT2D eigenvalue weighted by molar-refractivity contribution is -0.137. The first-order valence-electron chi connectivity index (χ1n) is 11.4. The number of nitrogens with one attached hydrogen (secondary N) is 1. The fourth-order valence-corrected chi connectivity index (χ4v) is 4.95. The minimum Gasteiger partial charge on any atom is -0.492 e. The number of pyridine rings is 1. The molecular formula is C27H25N3O4. The number of carboxylic acid groups (broad SMARTS) is 1. The van der Waals surface area contributed by atoms with E-state index < -0.39 is 12.2 Å². The summed E-state index contributed by atoms with van der Waals surface area (Å²) in [7, 11) is 0. The van der Waals surface area contributed by atoms with Gasteiger partial charge in [-0.1, -0.05) is 18.2 Å². The zero-order valence-electron chi connectivity index (χ0n) is 18.6. The van der Waals surface area contributed by atoms with E-state index in [9.17, 15) is 15.2 Å². The molecule has 1 fully saturated rings. The average Bonchev–Trinajstić information content (AvgIpc) is 3.48. The highest BCUT2D eigenvalue weighted by molar-refractivity contribution is 5.68. The minimum absolute atomic E-state index is 0.0458. The number of carbonyl (C=O) groups is 1. The monoisotopic (exact) mass is 455 g/mol. The van der Waals surface area contributed by atoms with Crippen molar-refractivity contribution in [2.45, 2.75) is 37.3 Å². The van der Waals surface area contributed by atoms with Crippen LogP contribution in [0.4, 0.5) is 5.69 Å². The molecule has 2 aromatic carbocycles. The van der Waals surface area contributed by atoms with Crippen LogP contribution in [0.25, 0.3) is 11.1 Å². The molecule has 1 aliphatic heterocycles. The molecule has 0 saturated heterocycles. The second-order valence-electron chi connectivity index (χ2n) is 9.03. The van der Waals surface area contributed by atoms with E-state index in [1.54, 1.807) is 18.3 Å². The number of rotatable bonds is 8. The number of anilines is 1. The molecule has 3 atom stereocenters. The number of aryl methyl sites for hydroxylation is 1. The van der Waals surface area contributed by atoms with Crippen LogP contribution in [0.15, 0.2) is 60.9 Å². The molecule has 0 radical (unpaired) electrons. The normalized spacial score (nSPS) is 20.8. The standard InChI is InChI=1S/C27H25N3O4/c28-14-17-6-7-18(3-1-5-25(31)32)23(11-17)30-26(33)22-13-27(22)16-34-24-9-8-19(12-21(24)27)20-4-2-10-29-15-20/h2,4,6-12,15,22,26,30,33H,1,3,5,13,16H2,(H,31,32)/t22-,26?,27+/m0/s1. The molecule has 7 heteroatoms. The van der Waals surface area contributed by atoms with Crippen molar-refractivity contribution >= 4 is 11.7 Å². The van der Waals surface area contributed by atoms with Crippen molar-refractivity contribution in [3.05, 3.63) is 77.6 Å². The number of fused-ring (bicyclic) bond motifs is 2. The Hall–Kier alpha value is -3.89. The van der Waals surface area contributed by atoms with Crippen molar-refractivity contribution in [1.29, 1.82) is 5.26 Å². The number of nitriles is 1. The predicted molar refractivity (Wildman–Crippen MR) is 126 cm³/mol. The fourth-order valence-electron chi connectivity index (χ4n) is 4.95. The summed E-state index contributed by atoms with van der Waals surface area (Å²) >= 11 is 0. The quantitative estimate of drug-likeness (QED) is 0.438. The summed E-state index contributed by atoms with van der Waals surface area (Å²) < 4.78 is 5.98. The van der Waals surface area contributed by atoms with E-state index in [1.807, 2.05) is 36.5 Å². The lowest BCUT2D eigenvalue weighted by Gasteiger charge is -2.20. The van der Waals surface area contributed by atoms with Crippen molar-refractivity contribution in [1.82, 2.24) is 4.98 Å². The van der Waals surface area contributed by atoms with Gasteiger partial charge in [-0.05, 0) is 60.7 Å². The van der Waals surface area contributed by atoms with Crippen LogP contribution in [-0.4, -0.2) is 34.0 Å². The smallest absolute Gasteiger partial charge is 0.303 e. The van der Waals surface area contributed by atoms with E-state index in [-0.39, 0.29) is 17.8 Å². The second kappa shape index (κ2) is 8.81. The fraction of sp³-hybridized carbons (Fsp3) is 0.296.